The minimum Gasteiger partial charge on any atom is -0.506 e. The van der Waals surface area contributed by atoms with Crippen molar-refractivity contribution >= 4 is 29.1 Å². The Morgan fingerprint density at radius 1 is 1.56 bits per heavy atom. The van der Waals surface area contributed by atoms with Gasteiger partial charge in [0, 0.05) is 5.56 Å². The molecule has 0 atom stereocenters. The number of hydrogen-bond acceptors (Lipinski definition) is 5. The highest BCUT2D eigenvalue weighted by molar-refractivity contribution is 8.01. The highest BCUT2D eigenvalue weighted by atomic mass is 32.2. The normalized spacial score (nSPS) is 10.4. The highest BCUT2D eigenvalue weighted by Crippen LogP contribution is 2.40. The van der Waals surface area contributed by atoms with E-state index in [4.69, 9.17) is 0 Å². The third kappa shape index (κ3) is 2.92. The quantitative estimate of drug-likeness (QED) is 0.500. The fourth-order valence-electron chi connectivity index (χ4n) is 1.16. The van der Waals surface area contributed by atoms with Crippen LogP contribution >= 0.6 is 23.1 Å². The van der Waals surface area contributed by atoms with E-state index in [2.05, 4.69) is 11.7 Å². The van der Waals surface area contributed by atoms with Crippen LogP contribution in [0.3, 0.4) is 0 Å². The standard InChI is InChI=1S/C11H16O3S2/c1-4-5-6-15-11-7(2)8(12)9(16-11)10(13)14-3/h12H,4-6H2,1-3H3. The first-order chi connectivity index (χ1) is 7.61. The first kappa shape index (κ1) is 13.4. The van der Waals surface area contributed by atoms with E-state index in [9.17, 15) is 9.90 Å². The number of methoxy groups -OCH3 is 1. The Bertz CT molecular complexity index is 372. The molecule has 1 N–H and O–H groups in total. The summed E-state index contributed by atoms with van der Waals surface area (Å²) in [5.41, 5.74) is 0.784. The summed E-state index contributed by atoms with van der Waals surface area (Å²) in [7, 11) is 1.32. The van der Waals surface area contributed by atoms with Gasteiger partial charge in [0.05, 0.1) is 11.3 Å². The number of thioether (sulfide) groups is 1. The smallest absolute Gasteiger partial charge is 0.351 e. The maximum Gasteiger partial charge on any atom is 0.351 e. The molecule has 0 aliphatic heterocycles. The first-order valence-corrected chi connectivity index (χ1v) is 6.95. The summed E-state index contributed by atoms with van der Waals surface area (Å²) >= 11 is 2.99. The van der Waals surface area contributed by atoms with Gasteiger partial charge in [-0.1, -0.05) is 13.3 Å². The molecule has 1 aromatic heterocycles. The van der Waals surface area contributed by atoms with Crippen molar-refractivity contribution < 1.29 is 14.6 Å². The van der Waals surface area contributed by atoms with Gasteiger partial charge in [-0.3, -0.25) is 0 Å². The van der Waals surface area contributed by atoms with E-state index >= 15 is 0 Å². The van der Waals surface area contributed by atoms with Gasteiger partial charge in [0.25, 0.3) is 0 Å². The lowest BCUT2D eigenvalue weighted by Crippen LogP contribution is -1.97. The number of thiophene rings is 1. The fourth-order valence-corrected chi connectivity index (χ4v) is 3.68. The minimum atomic E-state index is -0.465. The predicted octanol–water partition coefficient (Wildman–Crippen LogP) is 3.44. The largest absolute Gasteiger partial charge is 0.506 e. The van der Waals surface area contributed by atoms with Crippen molar-refractivity contribution in [1.29, 1.82) is 0 Å². The molecule has 1 aromatic rings. The second kappa shape index (κ2) is 6.15. The Balaban J connectivity index is 2.83. The SMILES string of the molecule is CCCCSc1sc(C(=O)OC)c(O)c1C. The van der Waals surface area contributed by atoms with Crippen LogP contribution in [0.4, 0.5) is 0 Å². The van der Waals surface area contributed by atoms with Gasteiger partial charge in [-0.05, 0) is 19.1 Å². The summed E-state index contributed by atoms with van der Waals surface area (Å²) in [5, 5.41) is 9.77. The number of carbonyl (C=O) groups excluding carboxylic acids is 1. The second-order valence-electron chi connectivity index (χ2n) is 3.39. The fraction of sp³-hybridized carbons (Fsp3) is 0.545. The molecular formula is C11H16O3S2. The van der Waals surface area contributed by atoms with Crippen molar-refractivity contribution in [2.24, 2.45) is 0 Å². The third-order valence-electron chi connectivity index (χ3n) is 2.17. The Labute approximate surface area is 104 Å². The Kier molecular flexibility index (Phi) is 5.15. The van der Waals surface area contributed by atoms with Crippen LogP contribution in [-0.2, 0) is 4.74 Å². The van der Waals surface area contributed by atoms with Gasteiger partial charge in [0.2, 0.25) is 0 Å². The van der Waals surface area contributed by atoms with Crippen LogP contribution < -0.4 is 0 Å². The number of esters is 1. The van der Waals surface area contributed by atoms with Gasteiger partial charge in [-0.15, -0.1) is 23.1 Å². The summed E-state index contributed by atoms with van der Waals surface area (Å²) in [4.78, 5) is 11.7. The molecule has 0 fully saturated rings. The molecule has 0 aliphatic rings. The average Bonchev–Trinajstić information content (AvgIpc) is 2.57. The second-order valence-corrected chi connectivity index (χ2v) is 5.77. The van der Waals surface area contributed by atoms with Gasteiger partial charge >= 0.3 is 5.97 Å². The van der Waals surface area contributed by atoms with Gasteiger partial charge < -0.3 is 9.84 Å². The monoisotopic (exact) mass is 260 g/mol. The molecule has 3 nitrogen and oxygen atoms in total. The van der Waals surface area contributed by atoms with E-state index in [-0.39, 0.29) is 5.75 Å². The van der Waals surface area contributed by atoms with Crippen molar-refractivity contribution in [1.82, 2.24) is 0 Å². The van der Waals surface area contributed by atoms with Crippen LogP contribution in [0.25, 0.3) is 0 Å². The van der Waals surface area contributed by atoms with Crippen molar-refractivity contribution in [3.05, 3.63) is 10.4 Å². The molecule has 0 unspecified atom stereocenters. The zero-order valence-electron chi connectivity index (χ0n) is 9.70. The van der Waals surface area contributed by atoms with E-state index in [0.717, 1.165) is 28.4 Å². The molecule has 0 saturated carbocycles. The molecule has 0 saturated heterocycles. The topological polar surface area (TPSA) is 46.5 Å². The van der Waals surface area contributed by atoms with Crippen molar-refractivity contribution in [3.8, 4) is 5.75 Å². The Hall–Kier alpha value is -0.680. The third-order valence-corrected chi connectivity index (χ3v) is 4.89. The zero-order valence-corrected chi connectivity index (χ0v) is 11.3. The molecule has 0 amide bonds. The van der Waals surface area contributed by atoms with E-state index in [0.29, 0.717) is 4.88 Å². The lowest BCUT2D eigenvalue weighted by molar-refractivity contribution is 0.0603. The lowest BCUT2D eigenvalue weighted by Gasteiger charge is -1.97. The minimum absolute atomic E-state index is 0.0656. The van der Waals surface area contributed by atoms with E-state index in [1.165, 1.54) is 18.4 Å². The zero-order chi connectivity index (χ0) is 12.1. The van der Waals surface area contributed by atoms with E-state index in [1.807, 2.05) is 6.92 Å². The van der Waals surface area contributed by atoms with Gasteiger partial charge in [-0.2, -0.15) is 0 Å². The van der Waals surface area contributed by atoms with E-state index in [1.54, 1.807) is 11.8 Å². The lowest BCUT2D eigenvalue weighted by atomic mass is 10.3. The first-order valence-electron chi connectivity index (χ1n) is 5.15. The maximum absolute atomic E-state index is 11.3. The number of hydrogen-bond donors (Lipinski definition) is 1. The number of unbranched alkanes of at least 4 members (excludes halogenated alkanes) is 1. The molecular weight excluding hydrogens is 244 g/mol. The molecule has 90 valence electrons. The average molecular weight is 260 g/mol. The molecule has 0 aliphatic carbocycles. The molecule has 5 heteroatoms. The van der Waals surface area contributed by atoms with Crippen LogP contribution in [0.5, 0.6) is 5.75 Å². The van der Waals surface area contributed by atoms with Crippen LogP contribution in [0.15, 0.2) is 4.21 Å². The molecule has 0 bridgehead atoms. The van der Waals surface area contributed by atoms with Crippen LogP contribution in [0.2, 0.25) is 0 Å². The van der Waals surface area contributed by atoms with Crippen molar-refractivity contribution in [2.75, 3.05) is 12.9 Å². The van der Waals surface area contributed by atoms with Crippen LogP contribution in [-0.4, -0.2) is 23.9 Å². The van der Waals surface area contributed by atoms with Gasteiger partial charge in [0.1, 0.15) is 5.75 Å². The predicted molar refractivity (Wildman–Crippen MR) is 67.7 cm³/mol. The Morgan fingerprint density at radius 3 is 2.81 bits per heavy atom. The van der Waals surface area contributed by atoms with Gasteiger partial charge in [0.15, 0.2) is 4.88 Å². The summed E-state index contributed by atoms with van der Waals surface area (Å²) < 4.78 is 5.62. The molecule has 0 spiro atoms. The summed E-state index contributed by atoms with van der Waals surface area (Å²) in [5.74, 6) is 0.613. The number of ether oxygens (including phenoxy) is 1. The molecule has 1 heterocycles. The van der Waals surface area contributed by atoms with Crippen LogP contribution in [0, 0.1) is 6.92 Å². The maximum atomic E-state index is 11.3. The molecule has 16 heavy (non-hydrogen) atoms. The van der Waals surface area contributed by atoms with Crippen LogP contribution in [0.1, 0.15) is 35.0 Å². The summed E-state index contributed by atoms with van der Waals surface area (Å²) in [6.45, 7) is 3.96. The van der Waals surface area contributed by atoms with Gasteiger partial charge in [-0.25, -0.2) is 4.79 Å². The van der Waals surface area contributed by atoms with Crippen molar-refractivity contribution in [3.63, 3.8) is 0 Å². The van der Waals surface area contributed by atoms with Crippen molar-refractivity contribution in [2.45, 2.75) is 30.9 Å². The number of aromatic hydroxyl groups is 1. The Morgan fingerprint density at radius 2 is 2.25 bits per heavy atom. The summed E-state index contributed by atoms with van der Waals surface area (Å²) in [6, 6.07) is 0. The molecule has 0 radical (unpaired) electrons. The summed E-state index contributed by atoms with van der Waals surface area (Å²) in [6.07, 6.45) is 2.28. The molecule has 1 rings (SSSR count). The number of carbonyl (C=O) groups is 1. The van der Waals surface area contributed by atoms with E-state index < -0.39 is 5.97 Å². The molecule has 0 aromatic carbocycles. The number of rotatable bonds is 5. The highest BCUT2D eigenvalue weighted by Gasteiger charge is 2.20.